The first-order valence-corrected chi connectivity index (χ1v) is 7.26. The van der Waals surface area contributed by atoms with Crippen molar-refractivity contribution in [1.29, 1.82) is 0 Å². The van der Waals surface area contributed by atoms with Crippen molar-refractivity contribution in [2.75, 3.05) is 0 Å². The van der Waals surface area contributed by atoms with Gasteiger partial charge in [-0.15, -0.1) is 0 Å². The molecule has 1 fully saturated rings. The molecular weight excluding hydrogens is 267 g/mol. The van der Waals surface area contributed by atoms with Gasteiger partial charge < -0.3 is 10.1 Å². The highest BCUT2D eigenvalue weighted by Gasteiger charge is 2.20. The average Bonchev–Trinajstić information content (AvgIpc) is 3.26. The Morgan fingerprint density at radius 3 is 2.76 bits per heavy atom. The van der Waals surface area contributed by atoms with Crippen molar-refractivity contribution >= 4 is 0 Å². The third-order valence-corrected chi connectivity index (χ3v) is 3.69. The molecule has 0 radical (unpaired) electrons. The summed E-state index contributed by atoms with van der Waals surface area (Å²) in [6.45, 7) is 4.69. The van der Waals surface area contributed by atoms with Crippen LogP contribution < -0.4 is 10.1 Å². The maximum Gasteiger partial charge on any atom is 0.219 e. The van der Waals surface area contributed by atoms with Gasteiger partial charge in [-0.25, -0.2) is 9.37 Å². The SMILES string of the molecule is Cc1ccc(F)cc1Oc1ccc(CNC2CC2)c(C)n1. The molecule has 1 N–H and O–H groups in total. The van der Waals surface area contributed by atoms with E-state index in [9.17, 15) is 4.39 Å². The molecule has 3 rings (SSSR count). The van der Waals surface area contributed by atoms with E-state index in [1.165, 1.54) is 30.5 Å². The van der Waals surface area contributed by atoms with Crippen LogP contribution in [-0.4, -0.2) is 11.0 Å². The molecule has 1 saturated carbocycles. The summed E-state index contributed by atoms with van der Waals surface area (Å²) in [7, 11) is 0. The van der Waals surface area contributed by atoms with Gasteiger partial charge in [0.15, 0.2) is 0 Å². The van der Waals surface area contributed by atoms with E-state index in [1.54, 1.807) is 6.07 Å². The minimum absolute atomic E-state index is 0.308. The van der Waals surface area contributed by atoms with Gasteiger partial charge in [-0.2, -0.15) is 0 Å². The second-order valence-corrected chi connectivity index (χ2v) is 5.56. The second kappa shape index (κ2) is 5.82. The Morgan fingerprint density at radius 1 is 1.24 bits per heavy atom. The van der Waals surface area contributed by atoms with E-state index >= 15 is 0 Å². The molecule has 4 heteroatoms. The minimum Gasteiger partial charge on any atom is -0.439 e. The smallest absolute Gasteiger partial charge is 0.219 e. The molecule has 0 aliphatic heterocycles. The molecule has 2 aromatic rings. The largest absolute Gasteiger partial charge is 0.439 e. The molecular formula is C17H19FN2O. The van der Waals surface area contributed by atoms with Crippen LogP contribution >= 0.6 is 0 Å². The van der Waals surface area contributed by atoms with Crippen LogP contribution in [0, 0.1) is 19.7 Å². The minimum atomic E-state index is -0.308. The van der Waals surface area contributed by atoms with Crippen LogP contribution in [-0.2, 0) is 6.54 Å². The number of aromatic nitrogens is 1. The summed E-state index contributed by atoms with van der Waals surface area (Å²) in [4.78, 5) is 4.45. The Balaban J connectivity index is 1.73. The van der Waals surface area contributed by atoms with Gasteiger partial charge in [-0.1, -0.05) is 12.1 Å². The summed E-state index contributed by atoms with van der Waals surface area (Å²) in [5.74, 6) is 0.694. The number of pyridine rings is 1. The average molecular weight is 286 g/mol. The lowest BCUT2D eigenvalue weighted by Gasteiger charge is -2.11. The fourth-order valence-corrected chi connectivity index (χ4v) is 2.15. The fraction of sp³-hybridized carbons (Fsp3) is 0.353. The van der Waals surface area contributed by atoms with Gasteiger partial charge >= 0.3 is 0 Å². The fourth-order valence-electron chi connectivity index (χ4n) is 2.15. The van der Waals surface area contributed by atoms with E-state index in [4.69, 9.17) is 4.74 Å². The Bertz CT molecular complexity index is 653. The summed E-state index contributed by atoms with van der Waals surface area (Å²) in [6, 6.07) is 9.03. The Hall–Kier alpha value is -1.94. The summed E-state index contributed by atoms with van der Waals surface area (Å²) in [5.41, 5.74) is 3.00. The summed E-state index contributed by atoms with van der Waals surface area (Å²) in [6.07, 6.45) is 2.54. The van der Waals surface area contributed by atoms with E-state index in [0.717, 1.165) is 17.8 Å². The van der Waals surface area contributed by atoms with Crippen molar-refractivity contribution in [3.05, 3.63) is 53.0 Å². The summed E-state index contributed by atoms with van der Waals surface area (Å²) in [5, 5.41) is 3.47. The van der Waals surface area contributed by atoms with Crippen LogP contribution in [0.1, 0.15) is 29.7 Å². The molecule has 0 saturated heterocycles. The molecule has 21 heavy (non-hydrogen) atoms. The number of hydrogen-bond donors (Lipinski definition) is 1. The molecule has 1 aliphatic rings. The highest BCUT2D eigenvalue weighted by atomic mass is 19.1. The van der Waals surface area contributed by atoms with E-state index in [-0.39, 0.29) is 5.82 Å². The Morgan fingerprint density at radius 2 is 2.05 bits per heavy atom. The Kier molecular flexibility index (Phi) is 3.88. The normalized spacial score (nSPS) is 14.2. The number of halogens is 1. The number of nitrogens with zero attached hydrogens (tertiary/aromatic N) is 1. The van der Waals surface area contributed by atoms with Crippen molar-refractivity contribution in [2.45, 2.75) is 39.3 Å². The van der Waals surface area contributed by atoms with Gasteiger partial charge in [0.1, 0.15) is 11.6 Å². The van der Waals surface area contributed by atoms with Crippen molar-refractivity contribution in [3.8, 4) is 11.6 Å². The first kappa shape index (κ1) is 14.0. The molecule has 110 valence electrons. The van der Waals surface area contributed by atoms with E-state index in [2.05, 4.69) is 10.3 Å². The van der Waals surface area contributed by atoms with Crippen LogP contribution in [0.5, 0.6) is 11.6 Å². The molecule has 0 unspecified atom stereocenters. The Labute approximate surface area is 124 Å². The highest BCUT2D eigenvalue weighted by Crippen LogP contribution is 2.25. The number of hydrogen-bond acceptors (Lipinski definition) is 3. The first-order chi connectivity index (χ1) is 10.1. The van der Waals surface area contributed by atoms with Gasteiger partial charge in [0.05, 0.1) is 0 Å². The van der Waals surface area contributed by atoms with Crippen LogP contribution in [0.4, 0.5) is 4.39 Å². The number of rotatable bonds is 5. The van der Waals surface area contributed by atoms with Crippen molar-refractivity contribution < 1.29 is 9.13 Å². The topological polar surface area (TPSA) is 34.1 Å². The molecule has 0 amide bonds. The maximum absolute atomic E-state index is 13.3. The summed E-state index contributed by atoms with van der Waals surface area (Å²) < 4.78 is 19.0. The van der Waals surface area contributed by atoms with Crippen LogP contribution in [0.25, 0.3) is 0 Å². The van der Waals surface area contributed by atoms with Crippen LogP contribution in [0.2, 0.25) is 0 Å². The number of benzene rings is 1. The maximum atomic E-state index is 13.3. The number of ether oxygens (including phenoxy) is 1. The van der Waals surface area contributed by atoms with E-state index in [1.807, 2.05) is 26.0 Å². The summed E-state index contributed by atoms with van der Waals surface area (Å²) >= 11 is 0. The van der Waals surface area contributed by atoms with Crippen molar-refractivity contribution in [3.63, 3.8) is 0 Å². The first-order valence-electron chi connectivity index (χ1n) is 7.26. The molecule has 1 heterocycles. The number of aryl methyl sites for hydroxylation is 2. The predicted octanol–water partition coefficient (Wildman–Crippen LogP) is 3.88. The molecule has 0 spiro atoms. The monoisotopic (exact) mass is 286 g/mol. The second-order valence-electron chi connectivity index (χ2n) is 5.56. The van der Waals surface area contributed by atoms with Gasteiger partial charge in [-0.3, -0.25) is 0 Å². The quantitative estimate of drug-likeness (QED) is 0.905. The van der Waals surface area contributed by atoms with E-state index < -0.39 is 0 Å². The molecule has 1 aromatic carbocycles. The highest BCUT2D eigenvalue weighted by molar-refractivity contribution is 5.36. The van der Waals surface area contributed by atoms with Gasteiger partial charge in [0, 0.05) is 30.4 Å². The molecule has 3 nitrogen and oxygen atoms in total. The molecule has 0 bridgehead atoms. The van der Waals surface area contributed by atoms with Crippen molar-refractivity contribution in [1.82, 2.24) is 10.3 Å². The van der Waals surface area contributed by atoms with Gasteiger partial charge in [0.2, 0.25) is 5.88 Å². The van der Waals surface area contributed by atoms with Gasteiger partial charge in [-0.05, 0) is 43.9 Å². The predicted molar refractivity (Wildman–Crippen MR) is 80.0 cm³/mol. The van der Waals surface area contributed by atoms with Crippen LogP contribution in [0.3, 0.4) is 0 Å². The van der Waals surface area contributed by atoms with E-state index in [0.29, 0.717) is 17.7 Å². The zero-order valence-electron chi connectivity index (χ0n) is 12.3. The van der Waals surface area contributed by atoms with Crippen LogP contribution in [0.15, 0.2) is 30.3 Å². The zero-order valence-corrected chi connectivity index (χ0v) is 12.3. The third-order valence-electron chi connectivity index (χ3n) is 3.69. The standard InChI is InChI=1S/C17H19FN2O/c1-11-3-5-14(18)9-16(11)21-17-8-4-13(12(2)20-17)10-19-15-6-7-15/h3-5,8-9,15,19H,6-7,10H2,1-2H3. The molecule has 1 aliphatic carbocycles. The zero-order chi connectivity index (χ0) is 14.8. The number of nitrogens with one attached hydrogen (secondary N) is 1. The lowest BCUT2D eigenvalue weighted by Crippen LogP contribution is -2.16. The molecule has 1 aromatic heterocycles. The lowest BCUT2D eigenvalue weighted by molar-refractivity contribution is 0.452. The molecule has 0 atom stereocenters. The third kappa shape index (κ3) is 3.58. The van der Waals surface area contributed by atoms with Gasteiger partial charge in [0.25, 0.3) is 0 Å². The lowest BCUT2D eigenvalue weighted by atomic mass is 10.2. The van der Waals surface area contributed by atoms with Crippen molar-refractivity contribution in [2.24, 2.45) is 0 Å².